The molecule has 3 nitrogen and oxygen atoms in total. The third kappa shape index (κ3) is 4.44. The third-order valence-electron chi connectivity index (χ3n) is 2.00. The van der Waals surface area contributed by atoms with Crippen molar-refractivity contribution < 1.29 is 9.32 Å². The van der Waals surface area contributed by atoms with Crippen molar-refractivity contribution in [1.29, 1.82) is 0 Å². The molecule has 0 aromatic heterocycles. The maximum Gasteiger partial charge on any atom is 0.115 e. The standard InChI is InChI=1S/C11H17NO2S/c1-9(2)15(14)12-7-6-10-4-3-5-11(13)8-10/h3-5,8-9,12-13H,6-7H2,1-2H3. The molecule has 2 N–H and O–H groups in total. The van der Waals surface area contributed by atoms with Crippen molar-refractivity contribution in [2.75, 3.05) is 6.54 Å². The summed E-state index contributed by atoms with van der Waals surface area (Å²) in [6.45, 7) is 4.49. The molecular weight excluding hydrogens is 210 g/mol. The summed E-state index contributed by atoms with van der Waals surface area (Å²) in [6.07, 6.45) is 0.771. The van der Waals surface area contributed by atoms with Crippen LogP contribution in [0.15, 0.2) is 24.3 Å². The minimum atomic E-state index is -0.963. The largest absolute Gasteiger partial charge is 0.508 e. The predicted octanol–water partition coefficient (Wildman–Crippen LogP) is 1.60. The molecule has 0 amide bonds. The number of aromatic hydroxyl groups is 1. The van der Waals surface area contributed by atoms with Gasteiger partial charge in [0.2, 0.25) is 0 Å². The zero-order valence-corrected chi connectivity index (χ0v) is 9.88. The highest BCUT2D eigenvalue weighted by molar-refractivity contribution is 7.83. The van der Waals surface area contributed by atoms with Crippen LogP contribution in [-0.2, 0) is 17.4 Å². The summed E-state index contributed by atoms with van der Waals surface area (Å²) in [7, 11) is -0.963. The molecule has 1 atom stereocenters. The summed E-state index contributed by atoms with van der Waals surface area (Å²) in [4.78, 5) is 0. The second-order valence-electron chi connectivity index (χ2n) is 3.66. The van der Waals surface area contributed by atoms with Crippen LogP contribution in [-0.4, -0.2) is 21.1 Å². The first kappa shape index (κ1) is 12.2. The van der Waals surface area contributed by atoms with Gasteiger partial charge in [-0.2, -0.15) is 0 Å². The van der Waals surface area contributed by atoms with E-state index in [4.69, 9.17) is 0 Å². The first-order chi connectivity index (χ1) is 7.09. The van der Waals surface area contributed by atoms with E-state index in [9.17, 15) is 9.32 Å². The van der Waals surface area contributed by atoms with Crippen molar-refractivity contribution in [2.24, 2.45) is 0 Å². The summed E-state index contributed by atoms with van der Waals surface area (Å²) in [5.74, 6) is 0.275. The SMILES string of the molecule is CC(C)S(=O)NCCc1cccc(O)c1. The highest BCUT2D eigenvalue weighted by Gasteiger charge is 2.03. The Morgan fingerprint density at radius 3 is 2.80 bits per heavy atom. The van der Waals surface area contributed by atoms with E-state index in [2.05, 4.69) is 4.72 Å². The quantitative estimate of drug-likeness (QED) is 0.802. The fourth-order valence-corrected chi connectivity index (χ4v) is 1.81. The highest BCUT2D eigenvalue weighted by atomic mass is 32.2. The van der Waals surface area contributed by atoms with E-state index in [-0.39, 0.29) is 11.0 Å². The van der Waals surface area contributed by atoms with Gasteiger partial charge in [0.1, 0.15) is 5.75 Å². The van der Waals surface area contributed by atoms with Crippen LogP contribution in [0, 0.1) is 0 Å². The number of hydrogen-bond acceptors (Lipinski definition) is 2. The highest BCUT2D eigenvalue weighted by Crippen LogP contribution is 2.10. The van der Waals surface area contributed by atoms with Crippen LogP contribution in [0.2, 0.25) is 0 Å². The number of nitrogens with one attached hydrogen (secondary N) is 1. The molecule has 0 aliphatic rings. The van der Waals surface area contributed by atoms with E-state index in [0.717, 1.165) is 12.0 Å². The number of benzene rings is 1. The zero-order chi connectivity index (χ0) is 11.3. The molecule has 0 aliphatic carbocycles. The van der Waals surface area contributed by atoms with Crippen molar-refractivity contribution >= 4 is 11.0 Å². The Kier molecular flexibility index (Phi) is 4.78. The minimum Gasteiger partial charge on any atom is -0.508 e. The second-order valence-corrected chi connectivity index (χ2v) is 5.49. The molecule has 0 heterocycles. The summed E-state index contributed by atoms with van der Waals surface area (Å²) >= 11 is 0. The maximum absolute atomic E-state index is 11.4. The summed E-state index contributed by atoms with van der Waals surface area (Å²) in [6, 6.07) is 7.12. The van der Waals surface area contributed by atoms with Crippen molar-refractivity contribution in [3.63, 3.8) is 0 Å². The molecule has 1 aromatic carbocycles. The molecule has 1 rings (SSSR count). The normalized spacial score (nSPS) is 13.0. The molecule has 0 saturated heterocycles. The predicted molar refractivity (Wildman–Crippen MR) is 63.1 cm³/mol. The molecule has 0 saturated carbocycles. The van der Waals surface area contributed by atoms with E-state index in [0.29, 0.717) is 6.54 Å². The molecule has 4 heteroatoms. The average Bonchev–Trinajstić information content (AvgIpc) is 2.17. The van der Waals surface area contributed by atoms with Gasteiger partial charge in [-0.25, -0.2) is 8.93 Å². The van der Waals surface area contributed by atoms with Crippen molar-refractivity contribution in [1.82, 2.24) is 4.72 Å². The Morgan fingerprint density at radius 1 is 1.47 bits per heavy atom. The van der Waals surface area contributed by atoms with E-state index in [1.807, 2.05) is 26.0 Å². The van der Waals surface area contributed by atoms with Gasteiger partial charge >= 0.3 is 0 Å². The molecule has 0 bridgehead atoms. The maximum atomic E-state index is 11.4. The Balaban J connectivity index is 2.35. The monoisotopic (exact) mass is 227 g/mol. The molecule has 0 radical (unpaired) electrons. The second kappa shape index (κ2) is 5.88. The topological polar surface area (TPSA) is 49.3 Å². The van der Waals surface area contributed by atoms with E-state index in [1.165, 1.54) is 0 Å². The van der Waals surface area contributed by atoms with Gasteiger partial charge in [-0.05, 0) is 38.0 Å². The van der Waals surface area contributed by atoms with Gasteiger partial charge in [-0.15, -0.1) is 0 Å². The van der Waals surface area contributed by atoms with Gasteiger partial charge in [0.05, 0.1) is 11.0 Å². The Bertz CT molecular complexity index is 339. The molecule has 1 unspecified atom stereocenters. The van der Waals surface area contributed by atoms with Crippen molar-refractivity contribution in [2.45, 2.75) is 25.5 Å². The van der Waals surface area contributed by atoms with Gasteiger partial charge in [0, 0.05) is 11.8 Å². The van der Waals surface area contributed by atoms with Gasteiger partial charge in [-0.1, -0.05) is 12.1 Å². The van der Waals surface area contributed by atoms with Gasteiger partial charge in [0.25, 0.3) is 0 Å². The molecule has 0 aliphatic heterocycles. The van der Waals surface area contributed by atoms with E-state index >= 15 is 0 Å². The minimum absolute atomic E-state index is 0.133. The fraction of sp³-hybridized carbons (Fsp3) is 0.455. The van der Waals surface area contributed by atoms with Crippen LogP contribution < -0.4 is 4.72 Å². The Morgan fingerprint density at radius 2 is 2.20 bits per heavy atom. The number of phenols is 1. The lowest BCUT2D eigenvalue weighted by atomic mass is 10.1. The average molecular weight is 227 g/mol. The van der Waals surface area contributed by atoms with E-state index in [1.54, 1.807) is 12.1 Å². The molecule has 84 valence electrons. The number of phenolic OH excluding ortho intramolecular Hbond substituents is 1. The summed E-state index contributed by atoms with van der Waals surface area (Å²) < 4.78 is 14.3. The van der Waals surface area contributed by atoms with Crippen LogP contribution in [0.5, 0.6) is 5.75 Å². The van der Waals surface area contributed by atoms with Crippen LogP contribution in [0.1, 0.15) is 19.4 Å². The van der Waals surface area contributed by atoms with Crippen molar-refractivity contribution in [3.8, 4) is 5.75 Å². The smallest absolute Gasteiger partial charge is 0.115 e. The third-order valence-corrected chi connectivity index (χ3v) is 3.34. The number of rotatable bonds is 5. The lowest BCUT2D eigenvalue weighted by Crippen LogP contribution is -2.26. The Hall–Kier alpha value is -0.870. The van der Waals surface area contributed by atoms with Gasteiger partial charge in [0.15, 0.2) is 0 Å². The van der Waals surface area contributed by atoms with Gasteiger partial charge in [-0.3, -0.25) is 0 Å². The fourth-order valence-electron chi connectivity index (χ4n) is 1.17. The van der Waals surface area contributed by atoms with Gasteiger partial charge < -0.3 is 5.11 Å². The van der Waals surface area contributed by atoms with Crippen LogP contribution in [0.25, 0.3) is 0 Å². The first-order valence-corrected chi connectivity index (χ1v) is 6.23. The first-order valence-electron chi connectivity index (χ1n) is 5.01. The lowest BCUT2D eigenvalue weighted by Gasteiger charge is -2.07. The molecular formula is C11H17NO2S. The molecule has 0 fully saturated rings. The zero-order valence-electron chi connectivity index (χ0n) is 9.06. The Labute approximate surface area is 93.1 Å². The molecule has 15 heavy (non-hydrogen) atoms. The van der Waals surface area contributed by atoms with E-state index < -0.39 is 11.0 Å². The summed E-state index contributed by atoms with van der Waals surface area (Å²) in [5.41, 5.74) is 1.04. The van der Waals surface area contributed by atoms with Crippen LogP contribution in [0.4, 0.5) is 0 Å². The molecule has 0 spiro atoms. The molecule has 1 aromatic rings. The van der Waals surface area contributed by atoms with Crippen LogP contribution in [0.3, 0.4) is 0 Å². The van der Waals surface area contributed by atoms with Crippen molar-refractivity contribution in [3.05, 3.63) is 29.8 Å². The lowest BCUT2D eigenvalue weighted by molar-refractivity contribution is 0.474. The van der Waals surface area contributed by atoms with Crippen LogP contribution >= 0.6 is 0 Å². The summed E-state index contributed by atoms with van der Waals surface area (Å²) in [5, 5.41) is 9.36. The number of hydrogen-bond donors (Lipinski definition) is 2.